The molecule has 1 aliphatic carbocycles. The average molecular weight is 624 g/mol. The van der Waals surface area contributed by atoms with Crippen LogP contribution in [0.5, 0.6) is 5.75 Å². The van der Waals surface area contributed by atoms with E-state index in [0.29, 0.717) is 40.1 Å². The average Bonchev–Trinajstić information content (AvgIpc) is 3.37. The number of aromatic carboxylic acids is 1. The van der Waals surface area contributed by atoms with Crippen molar-refractivity contribution in [2.75, 3.05) is 14.1 Å². The van der Waals surface area contributed by atoms with Gasteiger partial charge in [0.2, 0.25) is 0 Å². The van der Waals surface area contributed by atoms with Crippen molar-refractivity contribution in [3.63, 3.8) is 0 Å². The lowest BCUT2D eigenvalue weighted by Gasteiger charge is -2.36. The number of fused-ring (bicyclic) bond motifs is 5. The van der Waals surface area contributed by atoms with Crippen LogP contribution in [-0.4, -0.2) is 62.3 Å². The summed E-state index contributed by atoms with van der Waals surface area (Å²) in [5.74, 6) is -2.66. The minimum Gasteiger partial charge on any atom is -0.508 e. The van der Waals surface area contributed by atoms with Crippen LogP contribution in [0, 0.1) is 0 Å². The van der Waals surface area contributed by atoms with Gasteiger partial charge in [-0.2, -0.15) is 0 Å². The normalized spacial score (nSPS) is 16.7. The molecule has 4 aromatic rings. The van der Waals surface area contributed by atoms with Crippen molar-refractivity contribution < 1.29 is 34.1 Å². The number of pyridine rings is 2. The number of aromatic nitrogens is 2. The van der Waals surface area contributed by atoms with Gasteiger partial charge in [0, 0.05) is 41.5 Å². The van der Waals surface area contributed by atoms with Crippen molar-refractivity contribution in [1.82, 2.24) is 14.5 Å². The predicted molar refractivity (Wildman–Crippen MR) is 168 cm³/mol. The van der Waals surface area contributed by atoms with Gasteiger partial charge >= 0.3 is 11.9 Å². The maximum Gasteiger partial charge on any atom is 0.335 e. The number of esters is 1. The molecule has 2 aliphatic rings. The molecule has 11 nitrogen and oxygen atoms in total. The summed E-state index contributed by atoms with van der Waals surface area (Å²) in [5.41, 5.74) is 2.85. The Kier molecular flexibility index (Phi) is 7.81. The van der Waals surface area contributed by atoms with Crippen LogP contribution in [-0.2, 0) is 50.7 Å². The van der Waals surface area contributed by atoms with Gasteiger partial charge in [-0.25, -0.2) is 9.78 Å². The van der Waals surface area contributed by atoms with Gasteiger partial charge in [-0.1, -0.05) is 19.1 Å². The number of phenols is 1. The van der Waals surface area contributed by atoms with E-state index in [4.69, 9.17) is 14.8 Å². The Morgan fingerprint density at radius 1 is 1.02 bits per heavy atom. The summed E-state index contributed by atoms with van der Waals surface area (Å²) in [6.45, 7) is 2.52. The molecule has 0 spiro atoms. The van der Waals surface area contributed by atoms with Crippen LogP contribution in [0.3, 0.4) is 0 Å². The Balaban J connectivity index is 1.37. The fraction of sp³-hybridized carbons (Fsp3) is 0.314. The molecule has 236 valence electrons. The van der Waals surface area contributed by atoms with E-state index in [1.807, 2.05) is 19.0 Å². The van der Waals surface area contributed by atoms with Crippen molar-refractivity contribution in [1.29, 1.82) is 0 Å². The molecule has 0 radical (unpaired) electrons. The van der Waals surface area contributed by atoms with Crippen molar-refractivity contribution in [3.8, 4) is 17.1 Å². The van der Waals surface area contributed by atoms with E-state index in [1.54, 1.807) is 35.8 Å². The first-order chi connectivity index (χ1) is 21.9. The second-order valence-electron chi connectivity index (χ2n) is 12.1. The van der Waals surface area contributed by atoms with Gasteiger partial charge in [0.05, 0.1) is 29.0 Å². The zero-order valence-corrected chi connectivity index (χ0v) is 25.8. The fourth-order valence-electron chi connectivity index (χ4n) is 6.65. The third-order valence-electron chi connectivity index (χ3n) is 8.84. The van der Waals surface area contributed by atoms with E-state index >= 15 is 0 Å². The van der Waals surface area contributed by atoms with E-state index in [-0.39, 0.29) is 54.9 Å². The number of benzene rings is 2. The number of Topliss-reactive ketones (excluding diaryl/α,β-unsaturated/α-hetero) is 2. The number of hydrogen-bond acceptors (Lipinski definition) is 9. The number of carboxylic acid groups (broad SMARTS) is 1. The predicted octanol–water partition coefficient (Wildman–Crippen LogP) is 3.76. The van der Waals surface area contributed by atoms with Crippen molar-refractivity contribution >= 4 is 34.4 Å². The standard InChI is InChI=1S/C35H33N3O8/c1-4-35(46-31(42)15-22(40)13-19-5-7-20(8-6-19)34(44)45)27-16-29-32-26(18-38(29)33(43)23(27)10-12-30(35)41)25(17-37(2)3)24-14-21(39)9-11-28(24)36-32/h5-9,11,14,16,39H,4,10,12-13,15,17-18H2,1-3H3,(H,44,45)/t35-/m0/s1. The number of phenolic OH excluding ortho intramolecular Hbond substituents is 1. The van der Waals surface area contributed by atoms with Gasteiger partial charge in [-0.3, -0.25) is 19.2 Å². The largest absolute Gasteiger partial charge is 0.508 e. The molecular formula is C35H33N3O8. The highest BCUT2D eigenvalue weighted by atomic mass is 16.6. The smallest absolute Gasteiger partial charge is 0.335 e. The summed E-state index contributed by atoms with van der Waals surface area (Å²) < 4.78 is 7.54. The summed E-state index contributed by atoms with van der Waals surface area (Å²) in [4.78, 5) is 71.6. The fourth-order valence-corrected chi connectivity index (χ4v) is 6.65. The third kappa shape index (κ3) is 5.26. The van der Waals surface area contributed by atoms with Gasteiger partial charge in [0.15, 0.2) is 11.4 Å². The first kappa shape index (κ1) is 30.8. The minimum atomic E-state index is -1.74. The van der Waals surface area contributed by atoms with Crippen molar-refractivity contribution in [2.45, 2.75) is 57.7 Å². The van der Waals surface area contributed by atoms with Crippen molar-refractivity contribution in [3.05, 3.63) is 92.3 Å². The molecule has 2 aromatic heterocycles. The van der Waals surface area contributed by atoms with Crippen LogP contribution in [0.25, 0.3) is 22.3 Å². The number of carbonyl (C=O) groups is 4. The Morgan fingerprint density at radius 2 is 1.76 bits per heavy atom. The second-order valence-corrected chi connectivity index (χ2v) is 12.1. The quantitative estimate of drug-likeness (QED) is 0.183. The molecule has 0 bridgehead atoms. The summed E-state index contributed by atoms with van der Waals surface area (Å²) in [6.07, 6.45) is -0.431. The van der Waals surface area contributed by atoms with Crippen LogP contribution in [0.4, 0.5) is 0 Å². The van der Waals surface area contributed by atoms with Crippen LogP contribution in [0.15, 0.2) is 53.3 Å². The summed E-state index contributed by atoms with van der Waals surface area (Å²) in [5, 5.41) is 20.1. The van der Waals surface area contributed by atoms with Gasteiger partial charge < -0.3 is 24.4 Å². The number of nitrogens with zero attached hydrogens (tertiary/aromatic N) is 3. The second kappa shape index (κ2) is 11.6. The molecule has 2 N–H and O–H groups in total. The Labute approximate surface area is 264 Å². The number of hydrogen-bond donors (Lipinski definition) is 2. The summed E-state index contributed by atoms with van der Waals surface area (Å²) in [6, 6.07) is 12.5. The molecule has 2 aromatic carbocycles. The Hall–Kier alpha value is -5.16. The molecule has 0 fully saturated rings. The molecule has 1 aliphatic heterocycles. The van der Waals surface area contributed by atoms with E-state index in [0.717, 1.165) is 16.5 Å². The number of carboxylic acids is 1. The first-order valence-corrected chi connectivity index (χ1v) is 15.1. The summed E-state index contributed by atoms with van der Waals surface area (Å²) in [7, 11) is 3.87. The number of ether oxygens (including phenoxy) is 1. The molecule has 0 saturated heterocycles. The Morgan fingerprint density at radius 3 is 2.43 bits per heavy atom. The number of carbonyl (C=O) groups excluding carboxylic acids is 3. The van der Waals surface area contributed by atoms with Gasteiger partial charge in [-0.05, 0) is 74.5 Å². The highest BCUT2D eigenvalue weighted by Crippen LogP contribution is 2.43. The first-order valence-electron chi connectivity index (χ1n) is 15.1. The van der Waals surface area contributed by atoms with Crippen LogP contribution < -0.4 is 5.56 Å². The number of ketones is 2. The van der Waals surface area contributed by atoms with E-state index < -0.39 is 29.7 Å². The van der Waals surface area contributed by atoms with E-state index in [1.165, 1.54) is 24.3 Å². The molecule has 46 heavy (non-hydrogen) atoms. The molecule has 11 heteroatoms. The highest BCUT2D eigenvalue weighted by molar-refractivity contribution is 5.99. The molecule has 1 atom stereocenters. The van der Waals surface area contributed by atoms with E-state index in [2.05, 4.69) is 0 Å². The highest BCUT2D eigenvalue weighted by Gasteiger charge is 2.48. The molecule has 3 heterocycles. The maximum atomic E-state index is 14.0. The maximum absolute atomic E-state index is 14.0. The van der Waals surface area contributed by atoms with Crippen LogP contribution >= 0.6 is 0 Å². The summed E-state index contributed by atoms with van der Waals surface area (Å²) >= 11 is 0. The van der Waals surface area contributed by atoms with Crippen LogP contribution in [0.2, 0.25) is 0 Å². The molecular weight excluding hydrogens is 590 g/mol. The van der Waals surface area contributed by atoms with Gasteiger partial charge in [0.1, 0.15) is 18.0 Å². The van der Waals surface area contributed by atoms with Crippen LogP contribution in [0.1, 0.15) is 64.4 Å². The van der Waals surface area contributed by atoms with Gasteiger partial charge in [-0.15, -0.1) is 0 Å². The monoisotopic (exact) mass is 623 g/mol. The Bertz CT molecular complexity index is 2010. The third-order valence-corrected chi connectivity index (χ3v) is 8.84. The lowest BCUT2D eigenvalue weighted by atomic mass is 9.76. The molecule has 0 unspecified atom stereocenters. The molecule has 6 rings (SSSR count). The topological polar surface area (TPSA) is 156 Å². The lowest BCUT2D eigenvalue weighted by Crippen LogP contribution is -2.46. The zero-order chi connectivity index (χ0) is 32.9. The lowest BCUT2D eigenvalue weighted by molar-refractivity contribution is -0.171. The number of rotatable bonds is 9. The van der Waals surface area contributed by atoms with Gasteiger partial charge in [0.25, 0.3) is 5.56 Å². The van der Waals surface area contributed by atoms with E-state index in [9.17, 15) is 29.1 Å². The zero-order valence-electron chi connectivity index (χ0n) is 25.8. The SMILES string of the molecule is CC[C@@]1(OC(=O)CC(=O)Cc2ccc(C(=O)O)cc2)C(=O)CCc2c1cc1n(c2=O)Cc2c-1nc1ccc(O)cc1c2CN(C)C. The minimum absolute atomic E-state index is 0.00677. The van der Waals surface area contributed by atoms with Crippen molar-refractivity contribution in [2.24, 2.45) is 0 Å². The molecule has 0 amide bonds. The molecule has 0 saturated carbocycles. The number of aromatic hydroxyl groups is 1.